The van der Waals surface area contributed by atoms with Crippen LogP contribution in [0.3, 0.4) is 0 Å². The zero-order chi connectivity index (χ0) is 13.7. The van der Waals surface area contributed by atoms with Crippen LogP contribution >= 0.6 is 11.8 Å². The molecule has 0 atom stereocenters. The monoisotopic (exact) mass is 277 g/mol. The summed E-state index contributed by atoms with van der Waals surface area (Å²) in [6.45, 7) is 0.459. The Balaban J connectivity index is 1.87. The van der Waals surface area contributed by atoms with Crippen LogP contribution in [0.4, 0.5) is 0 Å². The number of benzene rings is 1. The van der Waals surface area contributed by atoms with Crippen molar-refractivity contribution in [2.75, 3.05) is 6.26 Å². The number of hydrogen-bond donors (Lipinski definition) is 2. The van der Waals surface area contributed by atoms with Crippen LogP contribution < -0.4 is 10.7 Å². The number of thioether (sulfide) groups is 1. The summed E-state index contributed by atoms with van der Waals surface area (Å²) in [5, 5.41) is 6.54. The average molecular weight is 277 g/mol. The summed E-state index contributed by atoms with van der Waals surface area (Å²) in [7, 11) is 0. The van der Waals surface area contributed by atoms with Crippen molar-refractivity contribution in [3.05, 3.63) is 29.8 Å². The maximum atomic E-state index is 11.8. The molecular weight excluding hydrogens is 262 g/mol. The average Bonchev–Trinajstić information content (AvgIpc) is 2.46. The second-order valence-corrected chi connectivity index (χ2v) is 5.00. The van der Waals surface area contributed by atoms with Crippen molar-refractivity contribution in [2.45, 2.75) is 24.3 Å². The molecule has 0 fully saturated rings. The van der Waals surface area contributed by atoms with Crippen LogP contribution in [-0.4, -0.2) is 23.8 Å². The molecule has 0 spiro atoms. The number of hydrazone groups is 1. The van der Waals surface area contributed by atoms with Gasteiger partial charge in [0, 0.05) is 24.3 Å². The lowest BCUT2D eigenvalue weighted by atomic mass is 10.1. The Morgan fingerprint density at radius 2 is 2.11 bits per heavy atom. The molecule has 0 bridgehead atoms. The molecule has 19 heavy (non-hydrogen) atoms. The van der Waals surface area contributed by atoms with Gasteiger partial charge >= 0.3 is 0 Å². The lowest BCUT2D eigenvalue weighted by molar-refractivity contribution is -0.121. The van der Waals surface area contributed by atoms with Gasteiger partial charge in [-0.15, -0.1) is 11.8 Å². The molecular formula is C13H15N3O2S. The number of amides is 2. The summed E-state index contributed by atoms with van der Waals surface area (Å²) in [6.07, 6.45) is 2.73. The van der Waals surface area contributed by atoms with Gasteiger partial charge in [0.1, 0.15) is 5.71 Å². The van der Waals surface area contributed by atoms with Gasteiger partial charge in [0.25, 0.3) is 5.91 Å². The van der Waals surface area contributed by atoms with Crippen molar-refractivity contribution in [3.63, 3.8) is 0 Å². The largest absolute Gasteiger partial charge is 0.347 e. The number of nitrogens with zero attached hydrogens (tertiary/aromatic N) is 1. The second kappa shape index (κ2) is 6.38. The molecule has 1 aliphatic rings. The Labute approximate surface area is 115 Å². The molecule has 1 aromatic rings. The molecule has 0 unspecified atom stereocenters. The maximum Gasteiger partial charge on any atom is 0.267 e. The van der Waals surface area contributed by atoms with Crippen molar-refractivity contribution in [1.29, 1.82) is 0 Å². The first-order valence-electron chi connectivity index (χ1n) is 5.95. The minimum Gasteiger partial charge on any atom is -0.347 e. The lowest BCUT2D eigenvalue weighted by Gasteiger charge is -2.12. The fourth-order valence-electron chi connectivity index (χ4n) is 1.67. The number of hydrogen-bond acceptors (Lipinski definition) is 4. The van der Waals surface area contributed by atoms with E-state index in [9.17, 15) is 9.59 Å². The summed E-state index contributed by atoms with van der Waals surface area (Å²) in [5.41, 5.74) is 3.72. The molecule has 0 saturated heterocycles. The van der Waals surface area contributed by atoms with E-state index < -0.39 is 0 Å². The highest BCUT2D eigenvalue weighted by atomic mass is 32.2. The molecule has 0 aliphatic carbocycles. The normalized spacial score (nSPS) is 14.6. The van der Waals surface area contributed by atoms with Gasteiger partial charge in [-0.25, -0.2) is 5.43 Å². The maximum absolute atomic E-state index is 11.8. The first-order chi connectivity index (χ1) is 9.19. The molecule has 0 radical (unpaired) electrons. The fraction of sp³-hybridized carbons (Fsp3) is 0.308. The number of rotatable bonds is 4. The van der Waals surface area contributed by atoms with E-state index in [-0.39, 0.29) is 11.8 Å². The summed E-state index contributed by atoms with van der Waals surface area (Å²) >= 11 is 1.68. The van der Waals surface area contributed by atoms with Crippen LogP contribution in [0.2, 0.25) is 0 Å². The Morgan fingerprint density at radius 1 is 1.37 bits per heavy atom. The van der Waals surface area contributed by atoms with Gasteiger partial charge in [-0.3, -0.25) is 9.59 Å². The molecule has 2 rings (SSSR count). The zero-order valence-electron chi connectivity index (χ0n) is 10.6. The molecule has 0 saturated carbocycles. The van der Waals surface area contributed by atoms with Crippen LogP contribution in [0.25, 0.3) is 0 Å². The highest BCUT2D eigenvalue weighted by Gasteiger charge is 2.17. The molecule has 2 N–H and O–H groups in total. The van der Waals surface area contributed by atoms with Gasteiger partial charge in [0.2, 0.25) is 5.91 Å². The minimum atomic E-state index is -0.228. The molecule has 6 heteroatoms. The molecule has 5 nitrogen and oxygen atoms in total. The van der Waals surface area contributed by atoms with Gasteiger partial charge in [-0.1, -0.05) is 12.1 Å². The number of nitrogens with one attached hydrogen (secondary N) is 2. The summed E-state index contributed by atoms with van der Waals surface area (Å²) in [6, 6.07) is 8.00. The van der Waals surface area contributed by atoms with Crippen molar-refractivity contribution >= 4 is 29.3 Å². The molecule has 1 aromatic carbocycles. The van der Waals surface area contributed by atoms with E-state index in [4.69, 9.17) is 0 Å². The summed E-state index contributed by atoms with van der Waals surface area (Å²) < 4.78 is 0. The number of carbonyl (C=O) groups excluding carboxylic acids is 2. The molecule has 2 amide bonds. The Kier molecular flexibility index (Phi) is 4.57. The van der Waals surface area contributed by atoms with E-state index in [1.54, 1.807) is 11.8 Å². The van der Waals surface area contributed by atoms with Gasteiger partial charge in [0.15, 0.2) is 0 Å². The highest BCUT2D eigenvalue weighted by molar-refractivity contribution is 7.98. The van der Waals surface area contributed by atoms with Crippen LogP contribution in [0.5, 0.6) is 0 Å². The van der Waals surface area contributed by atoms with Gasteiger partial charge in [-0.05, 0) is 24.0 Å². The topological polar surface area (TPSA) is 70.6 Å². The quantitative estimate of drug-likeness (QED) is 0.815. The van der Waals surface area contributed by atoms with E-state index in [2.05, 4.69) is 15.8 Å². The summed E-state index contributed by atoms with van der Waals surface area (Å²) in [4.78, 5) is 23.9. The third-order valence-electron chi connectivity index (χ3n) is 2.78. The molecule has 100 valence electrons. The molecule has 1 aliphatic heterocycles. The minimum absolute atomic E-state index is 0.149. The lowest BCUT2D eigenvalue weighted by Crippen LogP contribution is -2.36. The first-order valence-corrected chi connectivity index (χ1v) is 7.18. The fourth-order valence-corrected chi connectivity index (χ4v) is 2.07. The standard InChI is InChI=1S/C13H15N3O2S/c1-19-10-4-2-9(3-5-10)8-14-13(18)11-6-7-12(17)16-15-11/h2-5H,6-8H2,1H3,(H,14,18)(H,16,17). The van der Waals surface area contributed by atoms with E-state index in [0.29, 0.717) is 25.1 Å². The highest BCUT2D eigenvalue weighted by Crippen LogP contribution is 2.14. The van der Waals surface area contributed by atoms with Gasteiger partial charge in [0.05, 0.1) is 0 Å². The van der Waals surface area contributed by atoms with Crippen molar-refractivity contribution in [1.82, 2.24) is 10.7 Å². The van der Waals surface area contributed by atoms with E-state index >= 15 is 0 Å². The van der Waals surface area contributed by atoms with Crippen molar-refractivity contribution < 1.29 is 9.59 Å². The zero-order valence-corrected chi connectivity index (χ0v) is 11.4. The molecule has 1 heterocycles. The van der Waals surface area contributed by atoms with Crippen LogP contribution in [0.1, 0.15) is 18.4 Å². The van der Waals surface area contributed by atoms with E-state index in [1.807, 2.05) is 30.5 Å². The predicted molar refractivity (Wildman–Crippen MR) is 74.9 cm³/mol. The summed E-state index contributed by atoms with van der Waals surface area (Å²) in [5.74, 6) is -0.377. The van der Waals surface area contributed by atoms with Gasteiger partial charge in [-0.2, -0.15) is 5.10 Å². The SMILES string of the molecule is CSc1ccc(CNC(=O)C2=NNC(=O)CC2)cc1. The third-order valence-corrected chi connectivity index (χ3v) is 3.52. The van der Waals surface area contributed by atoms with Crippen molar-refractivity contribution in [2.24, 2.45) is 5.10 Å². The Hall–Kier alpha value is -1.82. The van der Waals surface area contributed by atoms with Crippen LogP contribution in [-0.2, 0) is 16.1 Å². The third kappa shape index (κ3) is 3.82. The smallest absolute Gasteiger partial charge is 0.267 e. The van der Waals surface area contributed by atoms with Crippen molar-refractivity contribution in [3.8, 4) is 0 Å². The number of carbonyl (C=O) groups is 2. The van der Waals surface area contributed by atoms with Crippen LogP contribution in [0.15, 0.2) is 34.3 Å². The predicted octanol–water partition coefficient (Wildman–Crippen LogP) is 1.29. The van der Waals surface area contributed by atoms with E-state index in [0.717, 1.165) is 5.56 Å². The Bertz CT molecular complexity index is 511. The Morgan fingerprint density at radius 3 is 2.68 bits per heavy atom. The van der Waals surface area contributed by atoms with E-state index in [1.165, 1.54) is 4.90 Å². The van der Waals surface area contributed by atoms with Gasteiger partial charge < -0.3 is 5.32 Å². The second-order valence-electron chi connectivity index (χ2n) is 4.12. The van der Waals surface area contributed by atoms with Crippen LogP contribution in [0, 0.1) is 0 Å². The molecule has 0 aromatic heterocycles. The first kappa shape index (κ1) is 13.6.